The lowest BCUT2D eigenvalue weighted by atomic mass is 10.0. The van der Waals surface area contributed by atoms with Crippen LogP contribution in [0.25, 0.3) is 0 Å². The van der Waals surface area contributed by atoms with Crippen LogP contribution in [-0.4, -0.2) is 31.1 Å². The molecule has 0 spiro atoms. The molecule has 100 valence electrons. The summed E-state index contributed by atoms with van der Waals surface area (Å²) in [7, 11) is 3.42. The Morgan fingerprint density at radius 2 is 1.89 bits per heavy atom. The summed E-state index contributed by atoms with van der Waals surface area (Å²) in [5.41, 5.74) is 1.21. The molecule has 0 aliphatic heterocycles. The summed E-state index contributed by atoms with van der Waals surface area (Å²) in [5.74, 6) is 0.314. The van der Waals surface area contributed by atoms with Gasteiger partial charge in [0.15, 0.2) is 0 Å². The van der Waals surface area contributed by atoms with E-state index in [0.29, 0.717) is 5.92 Å². The highest BCUT2D eigenvalue weighted by Crippen LogP contribution is 2.14. The third-order valence-electron chi connectivity index (χ3n) is 2.97. The summed E-state index contributed by atoms with van der Waals surface area (Å²) in [6.07, 6.45) is 0.815. The zero-order valence-electron chi connectivity index (χ0n) is 11.7. The van der Waals surface area contributed by atoms with E-state index in [0.717, 1.165) is 13.0 Å². The molecule has 0 saturated carbocycles. The molecule has 3 nitrogen and oxygen atoms in total. The van der Waals surface area contributed by atoms with Gasteiger partial charge in [-0.2, -0.15) is 0 Å². The average molecular weight is 249 g/mol. The first-order valence-electron chi connectivity index (χ1n) is 6.36. The first-order chi connectivity index (χ1) is 8.54. The molecule has 0 aliphatic carbocycles. The number of methoxy groups -OCH3 is 1. The van der Waals surface area contributed by atoms with E-state index in [9.17, 15) is 4.79 Å². The van der Waals surface area contributed by atoms with Crippen molar-refractivity contribution in [3.8, 4) is 0 Å². The lowest BCUT2D eigenvalue weighted by molar-refractivity contribution is -0.147. The number of carbonyl (C=O) groups excluding carboxylic acids is 1. The Kier molecular flexibility index (Phi) is 5.86. The minimum atomic E-state index is -0.171. The summed E-state index contributed by atoms with van der Waals surface area (Å²) < 4.78 is 4.89. The van der Waals surface area contributed by atoms with Crippen LogP contribution < -0.4 is 0 Å². The molecule has 3 heteroatoms. The number of rotatable bonds is 6. The smallest absolute Gasteiger partial charge is 0.323 e. The molecule has 18 heavy (non-hydrogen) atoms. The Bertz CT molecular complexity index is 362. The SMILES string of the molecule is COC(=O)[C@H](CC(C)C)N(C)Cc1ccccc1. The minimum Gasteiger partial charge on any atom is -0.468 e. The van der Waals surface area contributed by atoms with Gasteiger partial charge in [0.2, 0.25) is 0 Å². The first kappa shape index (κ1) is 14.7. The van der Waals surface area contributed by atoms with Gasteiger partial charge in [0, 0.05) is 6.54 Å². The highest BCUT2D eigenvalue weighted by Gasteiger charge is 2.24. The molecule has 0 heterocycles. The number of nitrogens with zero attached hydrogens (tertiary/aromatic N) is 1. The second-order valence-electron chi connectivity index (χ2n) is 5.07. The maximum absolute atomic E-state index is 11.8. The molecule has 1 aromatic carbocycles. The third kappa shape index (κ3) is 4.49. The molecule has 0 bridgehead atoms. The minimum absolute atomic E-state index is 0.151. The van der Waals surface area contributed by atoms with E-state index in [2.05, 4.69) is 30.9 Å². The van der Waals surface area contributed by atoms with E-state index in [-0.39, 0.29) is 12.0 Å². The van der Waals surface area contributed by atoms with Gasteiger partial charge in [-0.3, -0.25) is 9.69 Å². The molecule has 0 unspecified atom stereocenters. The van der Waals surface area contributed by atoms with E-state index in [1.165, 1.54) is 12.7 Å². The van der Waals surface area contributed by atoms with Gasteiger partial charge in [0.05, 0.1) is 7.11 Å². The fraction of sp³-hybridized carbons (Fsp3) is 0.533. The van der Waals surface area contributed by atoms with Gasteiger partial charge in [0.25, 0.3) is 0 Å². The Balaban J connectivity index is 2.70. The summed E-state index contributed by atoms with van der Waals surface area (Å²) in [6.45, 7) is 4.99. The van der Waals surface area contributed by atoms with Gasteiger partial charge in [-0.15, -0.1) is 0 Å². The van der Waals surface area contributed by atoms with Crippen molar-refractivity contribution in [1.82, 2.24) is 4.90 Å². The standard InChI is InChI=1S/C15H23NO2/c1-12(2)10-14(15(17)18-4)16(3)11-13-8-6-5-7-9-13/h5-9,12,14H,10-11H2,1-4H3/t14-/m0/s1. The van der Waals surface area contributed by atoms with Crippen LogP contribution in [0.15, 0.2) is 30.3 Å². The normalized spacial score (nSPS) is 12.8. The van der Waals surface area contributed by atoms with Crippen molar-refractivity contribution in [3.63, 3.8) is 0 Å². The largest absolute Gasteiger partial charge is 0.468 e. The highest BCUT2D eigenvalue weighted by atomic mass is 16.5. The van der Waals surface area contributed by atoms with Crippen molar-refractivity contribution < 1.29 is 9.53 Å². The van der Waals surface area contributed by atoms with Crippen LogP contribution in [0.4, 0.5) is 0 Å². The first-order valence-corrected chi connectivity index (χ1v) is 6.36. The summed E-state index contributed by atoms with van der Waals surface area (Å²) >= 11 is 0. The fourth-order valence-corrected chi connectivity index (χ4v) is 2.02. The van der Waals surface area contributed by atoms with E-state index < -0.39 is 0 Å². The summed E-state index contributed by atoms with van der Waals surface area (Å²) in [5, 5.41) is 0. The average Bonchev–Trinajstić information content (AvgIpc) is 2.36. The van der Waals surface area contributed by atoms with E-state index in [1.807, 2.05) is 25.2 Å². The number of ether oxygens (including phenoxy) is 1. The number of benzene rings is 1. The third-order valence-corrected chi connectivity index (χ3v) is 2.97. The molecule has 1 aromatic rings. The van der Waals surface area contributed by atoms with Crippen molar-refractivity contribution in [2.24, 2.45) is 5.92 Å². The van der Waals surface area contributed by atoms with Gasteiger partial charge in [-0.1, -0.05) is 44.2 Å². The van der Waals surface area contributed by atoms with Crippen LogP contribution in [0.3, 0.4) is 0 Å². The molecular weight excluding hydrogens is 226 g/mol. The number of esters is 1. The van der Waals surface area contributed by atoms with Gasteiger partial charge in [0.1, 0.15) is 6.04 Å². The topological polar surface area (TPSA) is 29.5 Å². The molecule has 0 radical (unpaired) electrons. The van der Waals surface area contributed by atoms with Crippen LogP contribution in [0, 0.1) is 5.92 Å². The number of carbonyl (C=O) groups is 1. The van der Waals surface area contributed by atoms with Gasteiger partial charge >= 0.3 is 5.97 Å². The Morgan fingerprint density at radius 3 is 2.39 bits per heavy atom. The fourth-order valence-electron chi connectivity index (χ4n) is 2.02. The highest BCUT2D eigenvalue weighted by molar-refractivity contribution is 5.75. The maximum atomic E-state index is 11.8. The van der Waals surface area contributed by atoms with Crippen LogP contribution in [0.1, 0.15) is 25.8 Å². The predicted octanol–water partition coefficient (Wildman–Crippen LogP) is 2.71. The predicted molar refractivity (Wildman–Crippen MR) is 73.2 cm³/mol. The second-order valence-corrected chi connectivity index (χ2v) is 5.07. The quantitative estimate of drug-likeness (QED) is 0.726. The Morgan fingerprint density at radius 1 is 1.28 bits per heavy atom. The molecule has 1 rings (SSSR count). The van der Waals surface area contributed by atoms with Crippen LogP contribution in [0.5, 0.6) is 0 Å². The van der Waals surface area contributed by atoms with Crippen molar-refractivity contribution in [2.45, 2.75) is 32.9 Å². The van der Waals surface area contributed by atoms with Crippen LogP contribution >= 0.6 is 0 Å². The second kappa shape index (κ2) is 7.17. The van der Waals surface area contributed by atoms with Gasteiger partial charge in [-0.05, 0) is 24.9 Å². The lowest BCUT2D eigenvalue weighted by Crippen LogP contribution is -2.39. The molecule has 0 aliphatic rings. The van der Waals surface area contributed by atoms with Crippen molar-refractivity contribution >= 4 is 5.97 Å². The Hall–Kier alpha value is -1.35. The molecule has 0 saturated heterocycles. The molecular formula is C15H23NO2. The van der Waals surface area contributed by atoms with E-state index >= 15 is 0 Å². The monoisotopic (exact) mass is 249 g/mol. The Labute approximate surface area is 110 Å². The lowest BCUT2D eigenvalue weighted by Gasteiger charge is -2.27. The van der Waals surface area contributed by atoms with Gasteiger partial charge < -0.3 is 4.74 Å². The zero-order chi connectivity index (χ0) is 13.5. The molecule has 0 N–H and O–H groups in total. The van der Waals surface area contributed by atoms with Crippen molar-refractivity contribution in [2.75, 3.05) is 14.2 Å². The van der Waals surface area contributed by atoms with Crippen molar-refractivity contribution in [3.05, 3.63) is 35.9 Å². The van der Waals surface area contributed by atoms with Crippen molar-refractivity contribution in [1.29, 1.82) is 0 Å². The summed E-state index contributed by atoms with van der Waals surface area (Å²) in [4.78, 5) is 13.9. The van der Waals surface area contributed by atoms with E-state index in [4.69, 9.17) is 4.74 Å². The number of likely N-dealkylation sites (N-methyl/N-ethyl adjacent to an activating group) is 1. The van der Waals surface area contributed by atoms with Crippen LogP contribution in [0.2, 0.25) is 0 Å². The van der Waals surface area contributed by atoms with Gasteiger partial charge in [-0.25, -0.2) is 0 Å². The zero-order valence-corrected chi connectivity index (χ0v) is 11.7. The number of hydrogen-bond acceptors (Lipinski definition) is 3. The summed E-state index contributed by atoms with van der Waals surface area (Å²) in [6, 6.07) is 9.99. The van der Waals surface area contributed by atoms with Crippen LogP contribution in [-0.2, 0) is 16.1 Å². The molecule has 0 fully saturated rings. The number of hydrogen-bond donors (Lipinski definition) is 0. The maximum Gasteiger partial charge on any atom is 0.323 e. The molecule has 0 amide bonds. The molecule has 0 aromatic heterocycles. The molecule has 1 atom stereocenters. The van der Waals surface area contributed by atoms with E-state index in [1.54, 1.807) is 0 Å².